The largest absolute Gasteiger partial charge is 0.468 e. The van der Waals surface area contributed by atoms with Crippen LogP contribution in [-0.2, 0) is 16.1 Å². The molecule has 2 atom stereocenters. The zero-order valence-corrected chi connectivity index (χ0v) is 14.5. The highest BCUT2D eigenvalue weighted by Crippen LogP contribution is 2.22. The normalized spacial score (nSPS) is 22.0. The van der Waals surface area contributed by atoms with E-state index in [0.29, 0.717) is 18.5 Å². The number of nitrogens with one attached hydrogen (secondary N) is 1. The number of rotatable bonds is 8. The molecule has 0 bridgehead atoms. The van der Waals surface area contributed by atoms with Crippen LogP contribution in [0, 0.1) is 5.92 Å². The summed E-state index contributed by atoms with van der Waals surface area (Å²) in [5, 5.41) is 3.67. The average molecular weight is 318 g/mol. The van der Waals surface area contributed by atoms with E-state index in [9.17, 15) is 4.79 Å². The van der Waals surface area contributed by atoms with Crippen molar-refractivity contribution in [3.63, 3.8) is 0 Å². The maximum atomic E-state index is 11.6. The summed E-state index contributed by atoms with van der Waals surface area (Å²) in [7, 11) is 1.46. The lowest BCUT2D eigenvalue weighted by atomic mass is 9.89. The third-order valence-electron chi connectivity index (χ3n) is 4.60. The lowest BCUT2D eigenvalue weighted by Crippen LogP contribution is -2.50. The lowest BCUT2D eigenvalue weighted by Gasteiger charge is -2.37. The molecule has 1 aliphatic heterocycles. The van der Waals surface area contributed by atoms with Gasteiger partial charge in [0.2, 0.25) is 0 Å². The minimum atomic E-state index is -0.136. The van der Waals surface area contributed by atoms with E-state index >= 15 is 0 Å². The van der Waals surface area contributed by atoms with E-state index in [1.807, 2.05) is 6.07 Å². The van der Waals surface area contributed by atoms with Gasteiger partial charge in [-0.1, -0.05) is 50.1 Å². The Balaban J connectivity index is 1.89. The molecule has 0 spiro atoms. The molecule has 2 rings (SSSR count). The van der Waals surface area contributed by atoms with Gasteiger partial charge in [-0.2, -0.15) is 0 Å². The number of unbranched alkanes of at least 4 members (excludes halogenated alkanes) is 1. The van der Waals surface area contributed by atoms with Crippen LogP contribution in [0.5, 0.6) is 0 Å². The van der Waals surface area contributed by atoms with Crippen molar-refractivity contribution in [2.75, 3.05) is 26.7 Å². The molecule has 4 nitrogen and oxygen atoms in total. The second-order valence-electron chi connectivity index (χ2n) is 6.58. The van der Waals surface area contributed by atoms with Gasteiger partial charge in [-0.25, -0.2) is 0 Å². The molecule has 0 radical (unpaired) electrons. The molecule has 1 aromatic carbocycles. The van der Waals surface area contributed by atoms with Gasteiger partial charge in [0.1, 0.15) is 0 Å². The zero-order chi connectivity index (χ0) is 16.5. The van der Waals surface area contributed by atoms with Gasteiger partial charge in [-0.15, -0.1) is 0 Å². The molecule has 0 saturated carbocycles. The fourth-order valence-electron chi connectivity index (χ4n) is 3.39. The number of piperidine rings is 1. The highest BCUT2D eigenvalue weighted by Gasteiger charge is 2.27. The monoisotopic (exact) mass is 318 g/mol. The first-order valence-electron chi connectivity index (χ1n) is 8.77. The van der Waals surface area contributed by atoms with Crippen LogP contribution in [-0.4, -0.2) is 43.7 Å². The molecule has 0 aromatic heterocycles. The van der Waals surface area contributed by atoms with Crippen molar-refractivity contribution in [3.05, 3.63) is 35.9 Å². The number of benzene rings is 1. The predicted molar refractivity (Wildman–Crippen MR) is 93.2 cm³/mol. The van der Waals surface area contributed by atoms with Crippen LogP contribution in [0.4, 0.5) is 0 Å². The van der Waals surface area contributed by atoms with E-state index in [1.165, 1.54) is 38.4 Å². The van der Waals surface area contributed by atoms with Crippen molar-refractivity contribution in [2.24, 2.45) is 5.92 Å². The Morgan fingerprint density at radius 2 is 2.09 bits per heavy atom. The average Bonchev–Trinajstić information content (AvgIpc) is 2.59. The van der Waals surface area contributed by atoms with Crippen LogP contribution < -0.4 is 5.32 Å². The number of methoxy groups -OCH3 is 1. The third-order valence-corrected chi connectivity index (χ3v) is 4.60. The Morgan fingerprint density at radius 3 is 2.78 bits per heavy atom. The quantitative estimate of drug-likeness (QED) is 0.748. The van der Waals surface area contributed by atoms with Gasteiger partial charge < -0.3 is 10.1 Å². The second kappa shape index (κ2) is 9.68. The van der Waals surface area contributed by atoms with Gasteiger partial charge >= 0.3 is 5.97 Å². The topological polar surface area (TPSA) is 41.6 Å². The molecule has 0 aliphatic carbocycles. The van der Waals surface area contributed by atoms with Gasteiger partial charge in [0.05, 0.1) is 13.7 Å². The summed E-state index contributed by atoms with van der Waals surface area (Å²) in [4.78, 5) is 13.9. The van der Waals surface area contributed by atoms with Crippen LogP contribution >= 0.6 is 0 Å². The predicted octanol–water partition coefficient (Wildman–Crippen LogP) is 2.83. The number of likely N-dealkylation sites (tertiary alicyclic amines) is 1. The van der Waals surface area contributed by atoms with Crippen molar-refractivity contribution in [3.8, 4) is 0 Å². The zero-order valence-electron chi connectivity index (χ0n) is 14.5. The maximum absolute atomic E-state index is 11.6. The van der Waals surface area contributed by atoms with E-state index in [0.717, 1.165) is 19.6 Å². The number of carbonyl (C=O) groups is 1. The second-order valence-corrected chi connectivity index (χ2v) is 6.58. The molecule has 0 amide bonds. The molecule has 1 aliphatic rings. The standard InChI is InChI=1S/C19H30N2O2/c1-3-4-8-17-11-18(14-21(13-17)15-19(22)23-2)20-12-16-9-6-5-7-10-16/h5-7,9-10,17-18,20H,3-4,8,11-15H2,1-2H3. The van der Waals surface area contributed by atoms with Crippen LogP contribution in [0.15, 0.2) is 30.3 Å². The molecule has 1 saturated heterocycles. The third kappa shape index (κ3) is 6.32. The minimum Gasteiger partial charge on any atom is -0.468 e. The Hall–Kier alpha value is -1.39. The summed E-state index contributed by atoms with van der Waals surface area (Å²) < 4.78 is 4.83. The molecular weight excluding hydrogens is 288 g/mol. The van der Waals surface area contributed by atoms with Gasteiger partial charge in [-0.05, 0) is 24.3 Å². The first-order chi connectivity index (χ1) is 11.2. The molecule has 1 heterocycles. The van der Waals surface area contributed by atoms with Crippen molar-refractivity contribution in [1.29, 1.82) is 0 Å². The molecule has 1 fully saturated rings. The van der Waals surface area contributed by atoms with Crippen molar-refractivity contribution in [1.82, 2.24) is 10.2 Å². The molecule has 128 valence electrons. The fourth-order valence-corrected chi connectivity index (χ4v) is 3.39. The highest BCUT2D eigenvalue weighted by atomic mass is 16.5. The highest BCUT2D eigenvalue weighted by molar-refractivity contribution is 5.71. The molecule has 4 heteroatoms. The van der Waals surface area contributed by atoms with Crippen LogP contribution in [0.25, 0.3) is 0 Å². The smallest absolute Gasteiger partial charge is 0.319 e. The van der Waals surface area contributed by atoms with E-state index in [1.54, 1.807) is 0 Å². The summed E-state index contributed by atoms with van der Waals surface area (Å²) in [6.07, 6.45) is 4.94. The van der Waals surface area contributed by atoms with Crippen molar-refractivity contribution < 1.29 is 9.53 Å². The van der Waals surface area contributed by atoms with E-state index in [2.05, 4.69) is 41.4 Å². The molecular formula is C19H30N2O2. The number of hydrogen-bond donors (Lipinski definition) is 1. The number of carbonyl (C=O) groups excluding carboxylic acids is 1. The SMILES string of the molecule is CCCCC1CC(NCc2ccccc2)CN(CC(=O)OC)C1. The van der Waals surface area contributed by atoms with Gasteiger partial charge in [0.15, 0.2) is 0 Å². The number of ether oxygens (including phenoxy) is 1. The molecule has 2 unspecified atom stereocenters. The first kappa shape index (κ1) is 18.0. The van der Waals surface area contributed by atoms with E-state index in [4.69, 9.17) is 4.74 Å². The number of hydrogen-bond acceptors (Lipinski definition) is 4. The molecule has 23 heavy (non-hydrogen) atoms. The Morgan fingerprint density at radius 1 is 1.30 bits per heavy atom. The van der Waals surface area contributed by atoms with Crippen LogP contribution in [0.2, 0.25) is 0 Å². The maximum Gasteiger partial charge on any atom is 0.319 e. The first-order valence-corrected chi connectivity index (χ1v) is 8.77. The van der Waals surface area contributed by atoms with Crippen molar-refractivity contribution >= 4 is 5.97 Å². The summed E-state index contributed by atoms with van der Waals surface area (Å²) in [6.45, 7) is 5.46. The van der Waals surface area contributed by atoms with Crippen LogP contribution in [0.3, 0.4) is 0 Å². The van der Waals surface area contributed by atoms with Gasteiger partial charge in [0, 0.05) is 25.7 Å². The van der Waals surface area contributed by atoms with E-state index in [-0.39, 0.29) is 5.97 Å². The molecule has 1 N–H and O–H groups in total. The fraction of sp³-hybridized carbons (Fsp3) is 0.632. The summed E-state index contributed by atoms with van der Waals surface area (Å²) in [5.41, 5.74) is 1.31. The lowest BCUT2D eigenvalue weighted by molar-refractivity contribution is -0.142. The summed E-state index contributed by atoms with van der Waals surface area (Å²) >= 11 is 0. The summed E-state index contributed by atoms with van der Waals surface area (Å²) in [6, 6.07) is 10.9. The Labute approximate surface area is 140 Å². The summed E-state index contributed by atoms with van der Waals surface area (Å²) in [5.74, 6) is 0.532. The number of esters is 1. The number of nitrogens with zero attached hydrogens (tertiary/aromatic N) is 1. The minimum absolute atomic E-state index is 0.136. The van der Waals surface area contributed by atoms with Crippen LogP contribution in [0.1, 0.15) is 38.2 Å². The Bertz CT molecular complexity index is 464. The van der Waals surface area contributed by atoms with E-state index < -0.39 is 0 Å². The van der Waals surface area contributed by atoms with Gasteiger partial charge in [-0.3, -0.25) is 9.69 Å². The Kier molecular flexibility index (Phi) is 7.56. The van der Waals surface area contributed by atoms with Gasteiger partial charge in [0.25, 0.3) is 0 Å². The molecule has 1 aromatic rings. The van der Waals surface area contributed by atoms with Crippen molar-refractivity contribution in [2.45, 2.75) is 45.2 Å².